The predicted molar refractivity (Wildman–Crippen MR) is 68.6 cm³/mol. The summed E-state index contributed by atoms with van der Waals surface area (Å²) < 4.78 is 27.8. The van der Waals surface area contributed by atoms with E-state index in [2.05, 4.69) is 20.8 Å². The zero-order valence-electron chi connectivity index (χ0n) is 11.3. The Hall–Kier alpha value is -1.43. The van der Waals surface area contributed by atoms with E-state index in [9.17, 15) is 8.78 Å². The molecule has 0 spiro atoms. The largest absolute Gasteiger partial charge is 0.274 e. The number of benzene rings is 1. The summed E-state index contributed by atoms with van der Waals surface area (Å²) in [5.41, 5.74) is 1.61. The number of hydrogen-bond donors (Lipinski definition) is 0. The topological polar surface area (TPSA) is 23.8 Å². The van der Waals surface area contributed by atoms with E-state index in [1.165, 1.54) is 6.07 Å². The van der Waals surface area contributed by atoms with Crippen LogP contribution in [-0.4, -0.2) is 0 Å². The summed E-state index contributed by atoms with van der Waals surface area (Å²) in [5.74, 6) is -2.92. The summed E-state index contributed by atoms with van der Waals surface area (Å²) in [5, 5.41) is 8.41. The van der Waals surface area contributed by atoms with Crippen LogP contribution < -0.4 is 0 Å². The van der Waals surface area contributed by atoms with Crippen molar-refractivity contribution in [2.45, 2.75) is 51.9 Å². The van der Waals surface area contributed by atoms with Crippen LogP contribution >= 0.6 is 0 Å². The number of aryl methyl sites for hydroxylation is 1. The zero-order valence-corrected chi connectivity index (χ0v) is 11.3. The van der Waals surface area contributed by atoms with Crippen LogP contribution in [-0.2, 0) is 11.3 Å². The molecule has 0 N–H and O–H groups in total. The van der Waals surface area contributed by atoms with Crippen LogP contribution in [0.4, 0.5) is 8.78 Å². The number of halogens is 2. The molecule has 0 amide bonds. The Labute approximate surface area is 107 Å². The van der Waals surface area contributed by atoms with Crippen LogP contribution in [0.2, 0.25) is 0 Å². The van der Waals surface area contributed by atoms with Crippen molar-refractivity contribution in [2.24, 2.45) is 0 Å². The third kappa shape index (κ3) is 3.29. The Morgan fingerprint density at radius 2 is 1.83 bits per heavy atom. The fourth-order valence-corrected chi connectivity index (χ4v) is 1.89. The summed E-state index contributed by atoms with van der Waals surface area (Å²) >= 11 is 0. The molecule has 1 rings (SSSR count). The molecule has 1 nitrogen and oxygen atoms in total. The van der Waals surface area contributed by atoms with Crippen molar-refractivity contribution in [1.82, 2.24) is 0 Å². The van der Waals surface area contributed by atoms with Crippen LogP contribution in [0.15, 0.2) is 18.2 Å². The van der Waals surface area contributed by atoms with Gasteiger partial charge in [0, 0.05) is 18.4 Å². The molecule has 18 heavy (non-hydrogen) atoms. The molecule has 0 fully saturated rings. The maximum Gasteiger partial charge on any atom is 0.274 e. The molecule has 0 unspecified atom stereocenters. The summed E-state index contributed by atoms with van der Waals surface area (Å²) in [6.07, 6.45) is -0.549. The molecule has 0 heterocycles. The van der Waals surface area contributed by atoms with Crippen LogP contribution in [0.3, 0.4) is 0 Å². The third-order valence-electron chi connectivity index (χ3n) is 3.04. The van der Waals surface area contributed by atoms with Crippen molar-refractivity contribution in [2.75, 3.05) is 0 Å². The monoisotopic (exact) mass is 251 g/mol. The minimum Gasteiger partial charge on any atom is -0.201 e. The fraction of sp³-hybridized carbons (Fsp3) is 0.533. The lowest BCUT2D eigenvalue weighted by Crippen LogP contribution is -2.17. The SMILES string of the molecule is Cc1cc(C(C)(C)C)ccc1C(F)(F)CCC#N. The second-order valence-corrected chi connectivity index (χ2v) is 5.64. The van der Waals surface area contributed by atoms with Gasteiger partial charge in [-0.3, -0.25) is 0 Å². The molecule has 0 saturated heterocycles. The number of nitriles is 1. The zero-order chi connectivity index (χ0) is 14.0. The van der Waals surface area contributed by atoms with Gasteiger partial charge in [0.2, 0.25) is 0 Å². The van der Waals surface area contributed by atoms with Gasteiger partial charge in [-0.1, -0.05) is 39.0 Å². The quantitative estimate of drug-likeness (QED) is 0.764. The molecule has 0 aromatic heterocycles. The van der Waals surface area contributed by atoms with Crippen molar-refractivity contribution < 1.29 is 8.78 Å². The lowest BCUT2D eigenvalue weighted by molar-refractivity contribution is -0.0125. The molecule has 3 heteroatoms. The van der Waals surface area contributed by atoms with E-state index in [0.717, 1.165) is 5.56 Å². The lowest BCUT2D eigenvalue weighted by atomic mass is 9.84. The first-order chi connectivity index (χ1) is 8.18. The second-order valence-electron chi connectivity index (χ2n) is 5.64. The molecule has 98 valence electrons. The summed E-state index contributed by atoms with van der Waals surface area (Å²) in [6, 6.07) is 6.83. The predicted octanol–water partition coefficient (Wildman–Crippen LogP) is 4.69. The summed E-state index contributed by atoms with van der Waals surface area (Å²) in [7, 11) is 0. The maximum absolute atomic E-state index is 13.9. The maximum atomic E-state index is 13.9. The fourth-order valence-electron chi connectivity index (χ4n) is 1.89. The van der Waals surface area contributed by atoms with Crippen LogP contribution in [0, 0.1) is 18.3 Å². The van der Waals surface area contributed by atoms with E-state index < -0.39 is 12.3 Å². The number of nitrogens with zero attached hydrogens (tertiary/aromatic N) is 1. The highest BCUT2D eigenvalue weighted by atomic mass is 19.3. The highest BCUT2D eigenvalue weighted by Gasteiger charge is 2.32. The number of alkyl halides is 2. The Balaban J connectivity index is 3.10. The highest BCUT2D eigenvalue weighted by Crippen LogP contribution is 2.36. The first-order valence-corrected chi connectivity index (χ1v) is 6.05. The average molecular weight is 251 g/mol. The van der Waals surface area contributed by atoms with Crippen molar-refractivity contribution in [3.05, 3.63) is 34.9 Å². The van der Waals surface area contributed by atoms with E-state index >= 15 is 0 Å². The summed E-state index contributed by atoms with van der Waals surface area (Å²) in [6.45, 7) is 7.85. The smallest absolute Gasteiger partial charge is 0.201 e. The van der Waals surface area contributed by atoms with E-state index in [0.29, 0.717) is 5.56 Å². The van der Waals surface area contributed by atoms with Gasteiger partial charge in [-0.15, -0.1) is 0 Å². The van der Waals surface area contributed by atoms with E-state index in [4.69, 9.17) is 5.26 Å². The molecule has 0 aliphatic rings. The molecule has 0 saturated carbocycles. The molecule has 1 aromatic rings. The number of hydrogen-bond acceptors (Lipinski definition) is 1. The molecular weight excluding hydrogens is 232 g/mol. The molecule has 1 aromatic carbocycles. The Kier molecular flexibility index (Phi) is 4.11. The van der Waals surface area contributed by atoms with Gasteiger partial charge >= 0.3 is 0 Å². The van der Waals surface area contributed by atoms with Crippen molar-refractivity contribution in [1.29, 1.82) is 5.26 Å². The van der Waals surface area contributed by atoms with Crippen molar-refractivity contribution in [3.63, 3.8) is 0 Å². The van der Waals surface area contributed by atoms with Crippen LogP contribution in [0.1, 0.15) is 50.3 Å². The van der Waals surface area contributed by atoms with Gasteiger partial charge in [0.1, 0.15) is 0 Å². The normalized spacial score (nSPS) is 12.3. The third-order valence-corrected chi connectivity index (χ3v) is 3.04. The van der Waals surface area contributed by atoms with Gasteiger partial charge < -0.3 is 0 Å². The minimum atomic E-state index is -2.92. The first kappa shape index (κ1) is 14.6. The van der Waals surface area contributed by atoms with E-state index in [-0.39, 0.29) is 17.4 Å². The van der Waals surface area contributed by atoms with Gasteiger partial charge in [-0.05, 0) is 23.5 Å². The van der Waals surface area contributed by atoms with Crippen LogP contribution in [0.25, 0.3) is 0 Å². The molecule has 0 aliphatic heterocycles. The first-order valence-electron chi connectivity index (χ1n) is 6.05. The van der Waals surface area contributed by atoms with Gasteiger partial charge in [0.25, 0.3) is 5.92 Å². The lowest BCUT2D eigenvalue weighted by Gasteiger charge is -2.23. The Morgan fingerprint density at radius 1 is 1.22 bits per heavy atom. The van der Waals surface area contributed by atoms with Crippen molar-refractivity contribution in [3.8, 4) is 6.07 Å². The molecule has 0 aliphatic carbocycles. The highest BCUT2D eigenvalue weighted by molar-refractivity contribution is 5.36. The van der Waals surface area contributed by atoms with E-state index in [1.54, 1.807) is 19.1 Å². The van der Waals surface area contributed by atoms with Crippen molar-refractivity contribution >= 4 is 0 Å². The van der Waals surface area contributed by atoms with E-state index in [1.807, 2.05) is 6.07 Å². The second kappa shape index (κ2) is 5.06. The van der Waals surface area contributed by atoms with Gasteiger partial charge in [0.15, 0.2) is 0 Å². The molecule has 0 bridgehead atoms. The summed E-state index contributed by atoms with van der Waals surface area (Å²) in [4.78, 5) is 0. The van der Waals surface area contributed by atoms with Gasteiger partial charge in [-0.2, -0.15) is 5.26 Å². The molecule has 0 atom stereocenters. The van der Waals surface area contributed by atoms with Gasteiger partial charge in [-0.25, -0.2) is 8.78 Å². The minimum absolute atomic E-state index is 0.0331. The standard InChI is InChI=1S/C15H19F2N/c1-11-10-12(14(2,3)4)6-7-13(11)15(16,17)8-5-9-18/h6-7,10H,5,8H2,1-4H3. The Bertz CT molecular complexity index is 464. The molecular formula is C15H19F2N. The Morgan fingerprint density at radius 3 is 2.28 bits per heavy atom. The number of rotatable bonds is 3. The van der Waals surface area contributed by atoms with Crippen LogP contribution in [0.5, 0.6) is 0 Å². The average Bonchev–Trinajstić information content (AvgIpc) is 2.24. The molecule has 0 radical (unpaired) electrons. The van der Waals surface area contributed by atoms with Gasteiger partial charge in [0.05, 0.1) is 6.07 Å².